The van der Waals surface area contributed by atoms with Crippen LogP contribution in [0.15, 0.2) is 12.4 Å². The third-order valence-corrected chi connectivity index (χ3v) is 2.94. The number of rotatable bonds is 10. The van der Waals surface area contributed by atoms with Crippen LogP contribution in [0.3, 0.4) is 0 Å². The fourth-order valence-electron chi connectivity index (χ4n) is 1.83. The van der Waals surface area contributed by atoms with E-state index in [4.69, 9.17) is 4.74 Å². The molecule has 0 rings (SSSR count). The second-order valence-corrected chi connectivity index (χ2v) is 6.20. The van der Waals surface area contributed by atoms with Crippen molar-refractivity contribution in [1.82, 2.24) is 0 Å². The molecular formula is C16H29FO2. The molecule has 0 amide bonds. The number of hydrogen-bond acceptors (Lipinski definition) is 2. The van der Waals surface area contributed by atoms with Gasteiger partial charge in [-0.15, -0.1) is 0 Å². The average molecular weight is 272 g/mol. The highest BCUT2D eigenvalue weighted by molar-refractivity contribution is 5.69. The lowest BCUT2D eigenvalue weighted by Crippen LogP contribution is -2.05. The van der Waals surface area contributed by atoms with Crippen LogP contribution in [0.25, 0.3) is 0 Å². The van der Waals surface area contributed by atoms with Gasteiger partial charge in [0.25, 0.3) is 0 Å². The van der Waals surface area contributed by atoms with Crippen LogP contribution >= 0.6 is 0 Å². The van der Waals surface area contributed by atoms with Crippen molar-refractivity contribution < 1.29 is 13.9 Å². The third kappa shape index (κ3) is 15.1. The maximum atomic E-state index is 11.6. The van der Waals surface area contributed by atoms with Gasteiger partial charge in [0.1, 0.15) is 0 Å². The molecular weight excluding hydrogens is 243 g/mol. The third-order valence-electron chi connectivity index (χ3n) is 2.94. The molecule has 0 spiro atoms. The maximum Gasteiger partial charge on any atom is 0.305 e. The van der Waals surface area contributed by atoms with Crippen LogP contribution in [0.2, 0.25) is 0 Å². The molecule has 0 heterocycles. The first-order valence-corrected chi connectivity index (χ1v) is 7.36. The van der Waals surface area contributed by atoms with Gasteiger partial charge in [-0.1, -0.05) is 52.5 Å². The minimum absolute atomic E-state index is 0.165. The average Bonchev–Trinajstić information content (AvgIpc) is 2.32. The Labute approximate surface area is 117 Å². The smallest absolute Gasteiger partial charge is 0.305 e. The molecule has 0 atom stereocenters. The molecule has 0 radical (unpaired) electrons. The van der Waals surface area contributed by atoms with E-state index in [2.05, 4.69) is 20.8 Å². The van der Waals surface area contributed by atoms with Gasteiger partial charge in [0, 0.05) is 12.8 Å². The van der Waals surface area contributed by atoms with Gasteiger partial charge in [-0.2, -0.15) is 0 Å². The second-order valence-electron chi connectivity index (χ2n) is 6.20. The lowest BCUT2D eigenvalue weighted by molar-refractivity contribution is -0.143. The summed E-state index contributed by atoms with van der Waals surface area (Å²) in [6, 6.07) is 0. The van der Waals surface area contributed by atoms with Crippen molar-refractivity contribution in [2.45, 2.75) is 72.1 Å². The van der Waals surface area contributed by atoms with Crippen LogP contribution in [0.4, 0.5) is 4.39 Å². The Morgan fingerprint density at radius 3 is 2.37 bits per heavy atom. The van der Waals surface area contributed by atoms with Crippen molar-refractivity contribution in [2.75, 3.05) is 6.61 Å². The minimum Gasteiger partial charge on any atom is -0.465 e. The van der Waals surface area contributed by atoms with E-state index in [1.54, 1.807) is 0 Å². The van der Waals surface area contributed by atoms with Gasteiger partial charge in [-0.05, 0) is 18.3 Å². The fourth-order valence-corrected chi connectivity index (χ4v) is 1.83. The predicted molar refractivity (Wildman–Crippen MR) is 77.6 cm³/mol. The number of ether oxygens (including phenoxy) is 1. The van der Waals surface area contributed by atoms with E-state index in [0.29, 0.717) is 24.6 Å². The Morgan fingerprint density at radius 1 is 1.11 bits per heavy atom. The summed E-state index contributed by atoms with van der Waals surface area (Å²) in [5.74, 6) is -0.165. The van der Waals surface area contributed by atoms with Gasteiger partial charge in [0.05, 0.1) is 12.9 Å². The minimum atomic E-state index is -0.165. The zero-order chi connectivity index (χ0) is 14.6. The molecule has 0 aromatic heterocycles. The molecule has 19 heavy (non-hydrogen) atoms. The zero-order valence-corrected chi connectivity index (χ0v) is 12.7. The number of hydrogen-bond donors (Lipinski definition) is 0. The largest absolute Gasteiger partial charge is 0.465 e. The first kappa shape index (κ1) is 18.1. The van der Waals surface area contributed by atoms with E-state index >= 15 is 0 Å². The quantitative estimate of drug-likeness (QED) is 0.404. The predicted octanol–water partition coefficient (Wildman–Crippen LogP) is 5.18. The molecule has 2 nitrogen and oxygen atoms in total. The monoisotopic (exact) mass is 272 g/mol. The molecule has 0 aliphatic heterocycles. The lowest BCUT2D eigenvalue weighted by Gasteiger charge is -2.17. The van der Waals surface area contributed by atoms with Gasteiger partial charge in [0.2, 0.25) is 0 Å². The topological polar surface area (TPSA) is 26.3 Å². The number of carbonyl (C=O) groups excluding carboxylic acids is 1. The molecule has 0 aliphatic carbocycles. The van der Waals surface area contributed by atoms with E-state index in [-0.39, 0.29) is 12.6 Å². The van der Waals surface area contributed by atoms with Crippen molar-refractivity contribution in [3.8, 4) is 0 Å². The zero-order valence-electron chi connectivity index (χ0n) is 12.7. The molecule has 0 saturated heterocycles. The summed E-state index contributed by atoms with van der Waals surface area (Å²) in [5, 5.41) is 0. The summed E-state index contributed by atoms with van der Waals surface area (Å²) in [7, 11) is 0. The van der Waals surface area contributed by atoms with Crippen LogP contribution in [-0.2, 0) is 9.53 Å². The van der Waals surface area contributed by atoms with Gasteiger partial charge in [-0.3, -0.25) is 4.79 Å². The van der Waals surface area contributed by atoms with Crippen molar-refractivity contribution in [3.05, 3.63) is 12.4 Å². The molecule has 0 saturated carbocycles. The van der Waals surface area contributed by atoms with Crippen molar-refractivity contribution >= 4 is 5.97 Å². The summed E-state index contributed by atoms with van der Waals surface area (Å²) in [6.07, 6.45) is 9.71. The van der Waals surface area contributed by atoms with Gasteiger partial charge >= 0.3 is 5.97 Å². The Kier molecular flexibility index (Phi) is 10.5. The van der Waals surface area contributed by atoms with Crippen LogP contribution < -0.4 is 0 Å². The Morgan fingerprint density at radius 2 is 1.74 bits per heavy atom. The van der Waals surface area contributed by atoms with E-state index in [1.165, 1.54) is 31.8 Å². The summed E-state index contributed by atoms with van der Waals surface area (Å²) < 4.78 is 16.6. The van der Waals surface area contributed by atoms with Crippen LogP contribution in [-0.4, -0.2) is 12.6 Å². The van der Waals surface area contributed by atoms with Gasteiger partial charge in [-0.25, -0.2) is 4.39 Å². The van der Waals surface area contributed by atoms with Crippen molar-refractivity contribution in [1.29, 1.82) is 0 Å². The van der Waals surface area contributed by atoms with Gasteiger partial charge in [0.15, 0.2) is 0 Å². The number of esters is 1. The molecule has 112 valence electrons. The van der Waals surface area contributed by atoms with E-state index < -0.39 is 0 Å². The Hall–Kier alpha value is -0.860. The number of halogens is 1. The molecule has 0 aromatic carbocycles. The van der Waals surface area contributed by atoms with Crippen LogP contribution in [0.1, 0.15) is 72.1 Å². The summed E-state index contributed by atoms with van der Waals surface area (Å²) in [6.45, 7) is 7.08. The van der Waals surface area contributed by atoms with Gasteiger partial charge < -0.3 is 4.74 Å². The molecule has 3 heteroatoms. The van der Waals surface area contributed by atoms with E-state index in [0.717, 1.165) is 12.8 Å². The standard InChI is InChI=1S/C16H29FO2/c1-16(2,3)12-8-6-4-5-7-11-15(18)19-14-10-9-13-17/h9,13H,4-8,10-12,14H2,1-3H3/b13-9-. The molecule has 0 N–H and O–H groups in total. The Bertz CT molecular complexity index is 254. The summed E-state index contributed by atoms with van der Waals surface area (Å²) in [4.78, 5) is 11.3. The first-order chi connectivity index (χ1) is 8.95. The highest BCUT2D eigenvalue weighted by Crippen LogP contribution is 2.22. The van der Waals surface area contributed by atoms with Crippen LogP contribution in [0, 0.1) is 5.41 Å². The second kappa shape index (κ2) is 11.0. The molecule has 0 fully saturated rings. The van der Waals surface area contributed by atoms with E-state index in [9.17, 15) is 9.18 Å². The summed E-state index contributed by atoms with van der Waals surface area (Å²) >= 11 is 0. The molecule has 0 unspecified atom stereocenters. The SMILES string of the molecule is CC(C)(C)CCCCCCCC(=O)OCC/C=C\F. The first-order valence-electron chi connectivity index (χ1n) is 7.36. The lowest BCUT2D eigenvalue weighted by atomic mass is 9.89. The maximum absolute atomic E-state index is 11.6. The highest BCUT2D eigenvalue weighted by atomic mass is 19.1. The highest BCUT2D eigenvalue weighted by Gasteiger charge is 2.08. The molecule has 0 bridgehead atoms. The molecule has 0 aliphatic rings. The van der Waals surface area contributed by atoms with Crippen molar-refractivity contribution in [3.63, 3.8) is 0 Å². The normalized spacial score (nSPS) is 12.0. The van der Waals surface area contributed by atoms with Crippen molar-refractivity contribution in [2.24, 2.45) is 5.41 Å². The number of unbranched alkanes of at least 4 members (excludes halogenated alkanes) is 4. The van der Waals surface area contributed by atoms with Crippen LogP contribution in [0.5, 0.6) is 0 Å². The number of carbonyl (C=O) groups is 1. The fraction of sp³-hybridized carbons (Fsp3) is 0.812. The Balaban J connectivity index is 3.27. The summed E-state index contributed by atoms with van der Waals surface area (Å²) in [5.41, 5.74) is 0.428. The molecule has 0 aromatic rings. The van der Waals surface area contributed by atoms with E-state index in [1.807, 2.05) is 0 Å².